The fourth-order valence-corrected chi connectivity index (χ4v) is 3.51. The Morgan fingerprint density at radius 2 is 1.78 bits per heavy atom. The Morgan fingerprint density at radius 1 is 1.09 bits per heavy atom. The number of para-hydroxylation sites is 2. The third-order valence-corrected chi connectivity index (χ3v) is 4.90. The fraction of sp³-hybridized carbons (Fsp3) is 0.294. The van der Waals surface area contributed by atoms with E-state index in [0.29, 0.717) is 18.1 Å². The number of hydrogen-bond donors (Lipinski definition) is 1. The van der Waals surface area contributed by atoms with E-state index in [2.05, 4.69) is 4.72 Å². The number of sulfonamides is 1. The molecule has 1 heterocycles. The number of fused-ring (bicyclic) bond motifs is 1. The van der Waals surface area contributed by atoms with Gasteiger partial charge in [0.15, 0.2) is 11.5 Å². The van der Waals surface area contributed by atoms with E-state index in [4.69, 9.17) is 9.47 Å². The maximum atomic E-state index is 12.2. The highest BCUT2D eigenvalue weighted by atomic mass is 32.2. The smallest absolute Gasteiger partial charge is 0.215 e. The van der Waals surface area contributed by atoms with Gasteiger partial charge >= 0.3 is 0 Å². The highest BCUT2D eigenvalue weighted by Gasteiger charge is 2.22. The molecule has 0 unspecified atom stereocenters. The van der Waals surface area contributed by atoms with Gasteiger partial charge in [-0.2, -0.15) is 0 Å². The highest BCUT2D eigenvalue weighted by molar-refractivity contribution is 7.88. The zero-order chi connectivity index (χ0) is 16.3. The van der Waals surface area contributed by atoms with E-state index in [1.165, 1.54) is 0 Å². The Hall–Kier alpha value is -2.05. The van der Waals surface area contributed by atoms with Crippen LogP contribution in [0.4, 0.5) is 0 Å². The Balaban J connectivity index is 1.56. The molecule has 0 aromatic heterocycles. The standard InChI is InChI=1S/C17H19NO4S/c1-13-6-8-14(9-7-13)12-23(19,20)18-10-15-11-21-16-4-2-3-5-17(16)22-15/h2-9,15,18H,10-12H2,1H3/t15-/m0/s1. The second-order valence-corrected chi connectivity index (χ2v) is 7.40. The summed E-state index contributed by atoms with van der Waals surface area (Å²) < 4.78 is 38.2. The largest absolute Gasteiger partial charge is 0.486 e. The summed E-state index contributed by atoms with van der Waals surface area (Å²) >= 11 is 0. The minimum atomic E-state index is -3.41. The Kier molecular flexibility index (Phi) is 4.54. The summed E-state index contributed by atoms with van der Waals surface area (Å²) in [7, 11) is -3.41. The first-order valence-corrected chi connectivity index (χ1v) is 9.08. The maximum Gasteiger partial charge on any atom is 0.215 e. The molecule has 1 atom stereocenters. The van der Waals surface area contributed by atoms with Crippen LogP contribution in [0.3, 0.4) is 0 Å². The van der Waals surface area contributed by atoms with Gasteiger partial charge in [-0.05, 0) is 24.6 Å². The van der Waals surface area contributed by atoms with Gasteiger partial charge in [0.1, 0.15) is 12.7 Å². The molecule has 122 valence electrons. The molecule has 0 saturated heterocycles. The maximum absolute atomic E-state index is 12.2. The molecule has 2 aromatic carbocycles. The van der Waals surface area contributed by atoms with Crippen LogP contribution in [0.15, 0.2) is 48.5 Å². The molecule has 2 aromatic rings. The van der Waals surface area contributed by atoms with Gasteiger partial charge in [-0.1, -0.05) is 42.0 Å². The summed E-state index contributed by atoms with van der Waals surface area (Å²) in [5.41, 5.74) is 1.86. The van der Waals surface area contributed by atoms with E-state index in [1.807, 2.05) is 55.5 Å². The zero-order valence-corrected chi connectivity index (χ0v) is 13.7. The average Bonchev–Trinajstić information content (AvgIpc) is 2.55. The van der Waals surface area contributed by atoms with Crippen molar-refractivity contribution < 1.29 is 17.9 Å². The summed E-state index contributed by atoms with van der Waals surface area (Å²) in [5.74, 6) is 1.28. The molecule has 3 rings (SSSR count). The molecule has 0 saturated carbocycles. The molecule has 1 aliphatic heterocycles. The molecule has 23 heavy (non-hydrogen) atoms. The van der Waals surface area contributed by atoms with Crippen LogP contribution in [0.5, 0.6) is 11.5 Å². The predicted molar refractivity (Wildman–Crippen MR) is 88.2 cm³/mol. The van der Waals surface area contributed by atoms with Crippen LogP contribution in [0.2, 0.25) is 0 Å². The van der Waals surface area contributed by atoms with Crippen molar-refractivity contribution in [2.24, 2.45) is 0 Å². The number of aryl methyl sites for hydroxylation is 1. The van der Waals surface area contributed by atoms with E-state index in [1.54, 1.807) is 0 Å². The van der Waals surface area contributed by atoms with E-state index in [0.717, 1.165) is 11.1 Å². The van der Waals surface area contributed by atoms with Gasteiger partial charge in [-0.15, -0.1) is 0 Å². The highest BCUT2D eigenvalue weighted by Crippen LogP contribution is 2.30. The second kappa shape index (κ2) is 6.60. The van der Waals surface area contributed by atoms with Gasteiger partial charge < -0.3 is 9.47 Å². The van der Waals surface area contributed by atoms with Gasteiger partial charge in [-0.3, -0.25) is 0 Å². The Bertz CT molecular complexity index is 771. The molecule has 1 aliphatic rings. The first-order chi connectivity index (χ1) is 11.0. The van der Waals surface area contributed by atoms with Crippen LogP contribution in [0, 0.1) is 6.92 Å². The van der Waals surface area contributed by atoms with Gasteiger partial charge in [0, 0.05) is 0 Å². The molecule has 5 nitrogen and oxygen atoms in total. The van der Waals surface area contributed by atoms with Gasteiger partial charge in [0.2, 0.25) is 10.0 Å². The van der Waals surface area contributed by atoms with Crippen molar-refractivity contribution >= 4 is 10.0 Å². The van der Waals surface area contributed by atoms with Crippen molar-refractivity contribution in [3.05, 3.63) is 59.7 Å². The first-order valence-electron chi connectivity index (χ1n) is 7.43. The second-order valence-electron chi connectivity index (χ2n) is 5.59. The van der Waals surface area contributed by atoms with Crippen molar-refractivity contribution in [2.45, 2.75) is 18.8 Å². The number of hydrogen-bond acceptors (Lipinski definition) is 4. The normalized spacial score (nSPS) is 17.0. The molecule has 0 bridgehead atoms. The van der Waals surface area contributed by atoms with Crippen molar-refractivity contribution in [2.75, 3.05) is 13.2 Å². The minimum Gasteiger partial charge on any atom is -0.486 e. The molecule has 0 aliphatic carbocycles. The van der Waals surface area contributed by atoms with E-state index < -0.39 is 10.0 Å². The van der Waals surface area contributed by atoms with Crippen LogP contribution < -0.4 is 14.2 Å². The Labute approximate surface area is 136 Å². The summed E-state index contributed by atoms with van der Waals surface area (Å²) in [6.07, 6.45) is -0.335. The number of rotatable bonds is 5. The quantitative estimate of drug-likeness (QED) is 0.911. The fourth-order valence-electron chi connectivity index (χ4n) is 2.34. The van der Waals surface area contributed by atoms with Crippen LogP contribution >= 0.6 is 0 Å². The van der Waals surface area contributed by atoms with Crippen LogP contribution in [0.25, 0.3) is 0 Å². The lowest BCUT2D eigenvalue weighted by molar-refractivity contribution is 0.0943. The third kappa shape index (κ3) is 4.24. The molecule has 0 amide bonds. The number of ether oxygens (including phenoxy) is 2. The summed E-state index contributed by atoms with van der Waals surface area (Å²) in [4.78, 5) is 0. The Morgan fingerprint density at radius 3 is 2.52 bits per heavy atom. The van der Waals surface area contributed by atoms with Gasteiger partial charge in [-0.25, -0.2) is 13.1 Å². The molecule has 1 N–H and O–H groups in total. The lowest BCUT2D eigenvalue weighted by Crippen LogP contribution is -2.41. The third-order valence-electron chi connectivity index (χ3n) is 3.58. The van der Waals surface area contributed by atoms with Crippen molar-refractivity contribution in [3.8, 4) is 11.5 Å². The SMILES string of the molecule is Cc1ccc(CS(=O)(=O)NC[C@H]2COc3ccccc3O2)cc1. The van der Waals surface area contributed by atoms with Crippen LogP contribution in [0.1, 0.15) is 11.1 Å². The monoisotopic (exact) mass is 333 g/mol. The molecule has 0 radical (unpaired) electrons. The lowest BCUT2D eigenvalue weighted by atomic mass is 10.2. The van der Waals surface area contributed by atoms with E-state index in [-0.39, 0.29) is 18.4 Å². The topological polar surface area (TPSA) is 64.6 Å². The number of benzene rings is 2. The summed E-state index contributed by atoms with van der Waals surface area (Å²) in [6, 6.07) is 14.8. The number of nitrogens with one attached hydrogen (secondary N) is 1. The molecule has 0 fully saturated rings. The first kappa shape index (κ1) is 15.8. The van der Waals surface area contributed by atoms with E-state index in [9.17, 15) is 8.42 Å². The van der Waals surface area contributed by atoms with Gasteiger partial charge in [0.25, 0.3) is 0 Å². The summed E-state index contributed by atoms with van der Waals surface area (Å²) in [6.45, 7) is 2.47. The van der Waals surface area contributed by atoms with Crippen molar-refractivity contribution in [1.29, 1.82) is 0 Å². The summed E-state index contributed by atoms with van der Waals surface area (Å²) in [5, 5.41) is 0. The minimum absolute atomic E-state index is 0.0442. The molecule has 6 heteroatoms. The van der Waals surface area contributed by atoms with Crippen LogP contribution in [-0.2, 0) is 15.8 Å². The predicted octanol–water partition coefficient (Wildman–Crippen LogP) is 2.25. The van der Waals surface area contributed by atoms with Crippen LogP contribution in [-0.4, -0.2) is 27.7 Å². The molecule has 0 spiro atoms. The molecular weight excluding hydrogens is 314 g/mol. The molecular formula is C17H19NO4S. The zero-order valence-electron chi connectivity index (χ0n) is 12.9. The van der Waals surface area contributed by atoms with E-state index >= 15 is 0 Å². The van der Waals surface area contributed by atoms with Crippen molar-refractivity contribution in [1.82, 2.24) is 4.72 Å². The van der Waals surface area contributed by atoms with Crippen molar-refractivity contribution in [3.63, 3.8) is 0 Å². The van der Waals surface area contributed by atoms with Gasteiger partial charge in [0.05, 0.1) is 12.3 Å². The average molecular weight is 333 g/mol. The lowest BCUT2D eigenvalue weighted by Gasteiger charge is -2.26.